The molecule has 1 aromatic rings. The lowest BCUT2D eigenvalue weighted by atomic mass is 10.1. The molecule has 0 aliphatic carbocycles. The van der Waals surface area contributed by atoms with Gasteiger partial charge in [0.2, 0.25) is 0 Å². The van der Waals surface area contributed by atoms with Gasteiger partial charge in [0.15, 0.2) is 6.10 Å². The van der Waals surface area contributed by atoms with Crippen LogP contribution in [0.1, 0.15) is 17.7 Å². The normalized spacial score (nSPS) is 21.8. The highest BCUT2D eigenvalue weighted by Gasteiger charge is 2.33. The number of rotatable bonds is 3. The van der Waals surface area contributed by atoms with E-state index in [1.54, 1.807) is 18.7 Å². The fourth-order valence-corrected chi connectivity index (χ4v) is 2.82. The van der Waals surface area contributed by atoms with Crippen molar-refractivity contribution in [2.45, 2.75) is 18.3 Å². The molecule has 20 heavy (non-hydrogen) atoms. The van der Waals surface area contributed by atoms with Crippen LogP contribution in [-0.4, -0.2) is 25.1 Å². The first-order valence-corrected chi connectivity index (χ1v) is 6.98. The van der Waals surface area contributed by atoms with Gasteiger partial charge in [0.05, 0.1) is 12.4 Å². The standard InChI is InChI=1S/C14H15NO4S/c1-9(16)19-12-13(20-8-7-15-14(12)17)10-3-5-11(18-2)6-4-10/h3-8,12-13H,1-2H3,(H,15,17)/t12-,13+/m1/s1. The van der Waals surface area contributed by atoms with E-state index in [2.05, 4.69) is 5.32 Å². The fraction of sp³-hybridized carbons (Fsp3) is 0.286. The van der Waals surface area contributed by atoms with Crippen molar-refractivity contribution in [3.63, 3.8) is 0 Å². The zero-order valence-corrected chi connectivity index (χ0v) is 12.0. The Morgan fingerprint density at radius 1 is 1.30 bits per heavy atom. The molecule has 6 heteroatoms. The highest BCUT2D eigenvalue weighted by atomic mass is 32.2. The van der Waals surface area contributed by atoms with Crippen LogP contribution >= 0.6 is 11.8 Å². The van der Waals surface area contributed by atoms with Crippen LogP contribution in [0.4, 0.5) is 0 Å². The number of ether oxygens (including phenoxy) is 2. The molecule has 1 amide bonds. The van der Waals surface area contributed by atoms with Gasteiger partial charge in [-0.15, -0.1) is 11.8 Å². The van der Waals surface area contributed by atoms with Gasteiger partial charge in [-0.2, -0.15) is 0 Å². The molecule has 1 aliphatic heterocycles. The first-order chi connectivity index (χ1) is 9.61. The molecule has 0 aromatic heterocycles. The second kappa shape index (κ2) is 6.47. The third kappa shape index (κ3) is 3.33. The summed E-state index contributed by atoms with van der Waals surface area (Å²) in [6, 6.07) is 7.35. The maximum atomic E-state index is 12.0. The minimum Gasteiger partial charge on any atom is -0.497 e. The maximum Gasteiger partial charge on any atom is 0.303 e. The molecule has 1 N–H and O–H groups in total. The zero-order chi connectivity index (χ0) is 14.5. The average molecular weight is 293 g/mol. The molecule has 0 saturated heterocycles. The molecule has 2 atom stereocenters. The number of nitrogens with one attached hydrogen (secondary N) is 1. The molecule has 0 spiro atoms. The molecule has 0 fully saturated rings. The minimum atomic E-state index is -0.860. The van der Waals surface area contributed by atoms with Crippen LogP contribution in [0.15, 0.2) is 35.9 Å². The second-order valence-electron chi connectivity index (χ2n) is 4.17. The maximum absolute atomic E-state index is 12.0. The predicted octanol–water partition coefficient (Wildman–Crippen LogP) is 2.00. The zero-order valence-electron chi connectivity index (χ0n) is 11.2. The van der Waals surface area contributed by atoms with E-state index in [1.165, 1.54) is 18.7 Å². The van der Waals surface area contributed by atoms with Crippen LogP contribution in [0.3, 0.4) is 0 Å². The Hall–Kier alpha value is -1.95. The van der Waals surface area contributed by atoms with E-state index in [0.29, 0.717) is 0 Å². The molecule has 0 saturated carbocycles. The van der Waals surface area contributed by atoms with E-state index in [0.717, 1.165) is 11.3 Å². The lowest BCUT2D eigenvalue weighted by molar-refractivity contribution is -0.153. The van der Waals surface area contributed by atoms with Gasteiger partial charge in [0, 0.05) is 13.1 Å². The number of hydrogen-bond acceptors (Lipinski definition) is 5. The summed E-state index contributed by atoms with van der Waals surface area (Å²) in [7, 11) is 1.59. The Morgan fingerprint density at radius 3 is 2.60 bits per heavy atom. The molecule has 1 heterocycles. The minimum absolute atomic E-state index is 0.288. The lowest BCUT2D eigenvalue weighted by Crippen LogP contribution is -2.37. The third-order valence-electron chi connectivity index (χ3n) is 2.79. The van der Waals surface area contributed by atoms with Crippen molar-refractivity contribution < 1.29 is 19.1 Å². The smallest absolute Gasteiger partial charge is 0.303 e. The first kappa shape index (κ1) is 14.5. The summed E-state index contributed by atoms with van der Waals surface area (Å²) in [5.74, 6) is -0.0789. The van der Waals surface area contributed by atoms with Crippen molar-refractivity contribution in [2.75, 3.05) is 7.11 Å². The van der Waals surface area contributed by atoms with Crippen LogP contribution < -0.4 is 10.1 Å². The molecular weight excluding hydrogens is 278 g/mol. The molecule has 2 rings (SSSR count). The van der Waals surface area contributed by atoms with E-state index in [9.17, 15) is 9.59 Å². The SMILES string of the molecule is COc1ccc([C@@H]2SC=CNC(=O)[C@@H]2OC(C)=O)cc1. The Labute approximate surface area is 121 Å². The van der Waals surface area contributed by atoms with Crippen molar-refractivity contribution in [1.29, 1.82) is 0 Å². The molecule has 0 radical (unpaired) electrons. The van der Waals surface area contributed by atoms with Crippen molar-refractivity contribution in [3.05, 3.63) is 41.4 Å². The summed E-state index contributed by atoms with van der Waals surface area (Å²) in [5, 5.41) is 4.07. The van der Waals surface area contributed by atoms with Gasteiger partial charge in [0.25, 0.3) is 5.91 Å². The van der Waals surface area contributed by atoms with Gasteiger partial charge >= 0.3 is 5.97 Å². The van der Waals surface area contributed by atoms with Crippen LogP contribution in [-0.2, 0) is 14.3 Å². The number of benzene rings is 1. The van der Waals surface area contributed by atoms with Gasteiger partial charge in [-0.3, -0.25) is 9.59 Å². The molecule has 0 unspecified atom stereocenters. The Bertz CT molecular complexity index is 526. The monoisotopic (exact) mass is 293 g/mol. The Morgan fingerprint density at radius 2 is 2.00 bits per heavy atom. The first-order valence-electron chi connectivity index (χ1n) is 6.04. The van der Waals surface area contributed by atoms with E-state index in [-0.39, 0.29) is 11.2 Å². The number of methoxy groups -OCH3 is 1. The largest absolute Gasteiger partial charge is 0.497 e. The number of carbonyl (C=O) groups excluding carboxylic acids is 2. The summed E-state index contributed by atoms with van der Waals surface area (Å²) >= 11 is 1.42. The number of carbonyl (C=O) groups is 2. The molecule has 1 aliphatic rings. The second-order valence-corrected chi connectivity index (χ2v) is 5.22. The van der Waals surface area contributed by atoms with Gasteiger partial charge in [-0.1, -0.05) is 12.1 Å². The molecule has 5 nitrogen and oxygen atoms in total. The predicted molar refractivity (Wildman–Crippen MR) is 76.2 cm³/mol. The van der Waals surface area contributed by atoms with E-state index in [4.69, 9.17) is 9.47 Å². The summed E-state index contributed by atoms with van der Waals surface area (Å²) in [6.45, 7) is 1.29. The molecule has 1 aromatic carbocycles. The van der Waals surface area contributed by atoms with E-state index in [1.807, 2.05) is 24.3 Å². The van der Waals surface area contributed by atoms with Crippen LogP contribution in [0.2, 0.25) is 0 Å². The number of amides is 1. The number of hydrogen-bond donors (Lipinski definition) is 1. The van der Waals surface area contributed by atoms with E-state index < -0.39 is 12.1 Å². The Kier molecular flexibility index (Phi) is 4.68. The number of thioether (sulfide) groups is 1. The fourth-order valence-electron chi connectivity index (χ4n) is 1.87. The summed E-state index contributed by atoms with van der Waals surface area (Å²) in [6.07, 6.45) is 0.688. The third-order valence-corrected chi connectivity index (χ3v) is 3.90. The van der Waals surface area contributed by atoms with Crippen LogP contribution in [0.25, 0.3) is 0 Å². The quantitative estimate of drug-likeness (QED) is 0.864. The van der Waals surface area contributed by atoms with Crippen molar-refractivity contribution in [1.82, 2.24) is 5.32 Å². The summed E-state index contributed by atoms with van der Waals surface area (Å²) in [4.78, 5) is 23.2. The van der Waals surface area contributed by atoms with Gasteiger partial charge in [-0.25, -0.2) is 0 Å². The van der Waals surface area contributed by atoms with Crippen LogP contribution in [0.5, 0.6) is 5.75 Å². The average Bonchev–Trinajstić information content (AvgIpc) is 2.62. The van der Waals surface area contributed by atoms with Crippen molar-refractivity contribution >= 4 is 23.6 Å². The molecule has 106 valence electrons. The van der Waals surface area contributed by atoms with E-state index >= 15 is 0 Å². The number of esters is 1. The lowest BCUT2D eigenvalue weighted by Gasteiger charge is -2.22. The van der Waals surface area contributed by atoms with Crippen LogP contribution in [0, 0.1) is 0 Å². The van der Waals surface area contributed by atoms with Gasteiger partial charge < -0.3 is 14.8 Å². The van der Waals surface area contributed by atoms with Crippen molar-refractivity contribution in [2.24, 2.45) is 0 Å². The van der Waals surface area contributed by atoms with Gasteiger partial charge in [0.1, 0.15) is 5.75 Å². The topological polar surface area (TPSA) is 64.6 Å². The molecular formula is C14H15NO4S. The summed E-state index contributed by atoms with van der Waals surface area (Å²) < 4.78 is 10.3. The van der Waals surface area contributed by atoms with Gasteiger partial charge in [-0.05, 0) is 23.1 Å². The summed E-state index contributed by atoms with van der Waals surface area (Å²) in [5.41, 5.74) is 0.892. The Balaban J connectivity index is 2.29. The highest BCUT2D eigenvalue weighted by Crippen LogP contribution is 2.36. The van der Waals surface area contributed by atoms with Crippen molar-refractivity contribution in [3.8, 4) is 5.75 Å². The molecule has 0 bridgehead atoms. The highest BCUT2D eigenvalue weighted by molar-refractivity contribution is 8.02.